The maximum Gasteiger partial charge on any atom is 0.420 e. The minimum absolute atomic E-state index is 0.295. The Labute approximate surface area is 141 Å². The summed E-state index contributed by atoms with van der Waals surface area (Å²) in [5, 5.41) is 0. The van der Waals surface area contributed by atoms with Gasteiger partial charge in [-0.05, 0) is 32.1 Å². The van der Waals surface area contributed by atoms with Crippen LogP contribution in [0, 0.1) is 0 Å². The number of hydrogen-bond donors (Lipinski definition) is 0. The normalized spacial score (nSPS) is 12.7. The second kappa shape index (κ2) is 13.3. The summed E-state index contributed by atoms with van der Waals surface area (Å²) in [5.41, 5.74) is -1.78. The van der Waals surface area contributed by atoms with Gasteiger partial charge in [-0.2, -0.15) is 0 Å². The molecule has 7 heteroatoms. The van der Waals surface area contributed by atoms with Crippen molar-refractivity contribution in [1.29, 1.82) is 0 Å². The Morgan fingerprint density at radius 1 is 0.609 bits per heavy atom. The maximum atomic E-state index is 13.5. The molecule has 0 N–H and O–H groups in total. The highest BCUT2D eigenvalue weighted by Crippen LogP contribution is 2.62. The Bertz CT molecular complexity index is 290. The number of ether oxygens (including phenoxy) is 3. The molecule has 0 atom stereocenters. The Balaban J connectivity index is 5.54. The van der Waals surface area contributed by atoms with Gasteiger partial charge in [-0.15, -0.1) is 0 Å². The standard InChI is InChI=1S/C16H35O6P/c1-6-11-18-16(19-12-7-2,20-13-8-3)23(17,21-14-9-4)22-15-10-5/h6-15H2,1-5H3. The van der Waals surface area contributed by atoms with Gasteiger partial charge in [-0.25, -0.2) is 0 Å². The highest BCUT2D eigenvalue weighted by Gasteiger charge is 2.56. The van der Waals surface area contributed by atoms with Crippen molar-refractivity contribution in [3.05, 3.63) is 0 Å². The van der Waals surface area contributed by atoms with Gasteiger partial charge < -0.3 is 23.3 Å². The molecule has 0 saturated carbocycles. The third-order valence-corrected chi connectivity index (χ3v) is 4.84. The van der Waals surface area contributed by atoms with E-state index in [0.29, 0.717) is 45.9 Å². The van der Waals surface area contributed by atoms with E-state index in [-0.39, 0.29) is 0 Å². The zero-order chi connectivity index (χ0) is 17.6. The lowest BCUT2D eigenvalue weighted by atomic mass is 10.5. The third kappa shape index (κ3) is 7.63. The van der Waals surface area contributed by atoms with E-state index in [4.69, 9.17) is 23.3 Å². The molecule has 0 fully saturated rings. The second-order valence-corrected chi connectivity index (χ2v) is 7.29. The van der Waals surface area contributed by atoms with Crippen molar-refractivity contribution in [2.75, 3.05) is 33.0 Å². The molecule has 0 aliphatic heterocycles. The van der Waals surface area contributed by atoms with Crippen LogP contribution >= 0.6 is 7.60 Å². The summed E-state index contributed by atoms with van der Waals surface area (Å²) in [4.78, 5) is 0. The van der Waals surface area contributed by atoms with E-state index in [1.807, 2.05) is 34.6 Å². The molecule has 0 bridgehead atoms. The van der Waals surface area contributed by atoms with Crippen molar-refractivity contribution in [2.45, 2.75) is 72.4 Å². The summed E-state index contributed by atoms with van der Waals surface area (Å²) in [5.74, 6) is 0. The molecule has 0 rings (SSSR count). The van der Waals surface area contributed by atoms with E-state index >= 15 is 0 Å². The molecule has 0 aliphatic carbocycles. The van der Waals surface area contributed by atoms with Gasteiger partial charge in [0.15, 0.2) is 0 Å². The third-order valence-electron chi connectivity index (χ3n) is 2.73. The van der Waals surface area contributed by atoms with Gasteiger partial charge in [0.05, 0.1) is 33.0 Å². The first kappa shape index (κ1) is 23.0. The summed E-state index contributed by atoms with van der Waals surface area (Å²) in [6.07, 6.45) is 3.66. The molecule has 23 heavy (non-hydrogen) atoms. The smallest absolute Gasteiger partial charge is 0.318 e. The minimum atomic E-state index is -3.75. The average Bonchev–Trinajstić information content (AvgIpc) is 2.57. The quantitative estimate of drug-likeness (QED) is 0.289. The van der Waals surface area contributed by atoms with Gasteiger partial charge in [-0.3, -0.25) is 4.57 Å². The first-order valence-electron chi connectivity index (χ1n) is 8.86. The van der Waals surface area contributed by atoms with Crippen LogP contribution in [0.2, 0.25) is 0 Å². The Hall–Kier alpha value is 0.0300. The largest absolute Gasteiger partial charge is 0.420 e. The summed E-state index contributed by atoms with van der Waals surface area (Å²) in [7, 11) is -3.75. The van der Waals surface area contributed by atoms with Crippen LogP contribution in [-0.4, -0.2) is 38.7 Å². The van der Waals surface area contributed by atoms with Crippen LogP contribution in [0.15, 0.2) is 0 Å². The van der Waals surface area contributed by atoms with Crippen molar-refractivity contribution in [2.24, 2.45) is 0 Å². The van der Waals surface area contributed by atoms with E-state index in [1.54, 1.807) is 0 Å². The van der Waals surface area contributed by atoms with E-state index < -0.39 is 13.3 Å². The summed E-state index contributed by atoms with van der Waals surface area (Å²) in [6, 6.07) is 0. The van der Waals surface area contributed by atoms with Crippen LogP contribution in [0.3, 0.4) is 0 Å². The Kier molecular flexibility index (Phi) is 13.4. The fraction of sp³-hybridized carbons (Fsp3) is 1.00. The predicted octanol–water partition coefficient (Wildman–Crippen LogP) is 4.92. The van der Waals surface area contributed by atoms with Gasteiger partial charge in [0.2, 0.25) is 0 Å². The fourth-order valence-electron chi connectivity index (χ4n) is 1.67. The zero-order valence-electron chi connectivity index (χ0n) is 15.5. The van der Waals surface area contributed by atoms with Gasteiger partial charge in [-0.1, -0.05) is 34.6 Å². The van der Waals surface area contributed by atoms with Crippen LogP contribution < -0.4 is 0 Å². The zero-order valence-corrected chi connectivity index (χ0v) is 16.4. The molecule has 0 aromatic carbocycles. The average molecular weight is 354 g/mol. The van der Waals surface area contributed by atoms with Crippen LogP contribution in [0.25, 0.3) is 0 Å². The number of hydrogen-bond acceptors (Lipinski definition) is 6. The van der Waals surface area contributed by atoms with E-state index in [9.17, 15) is 4.57 Å². The summed E-state index contributed by atoms with van der Waals surface area (Å²) >= 11 is 0. The molecule has 0 radical (unpaired) electrons. The molecule has 0 spiro atoms. The maximum absolute atomic E-state index is 13.5. The van der Waals surface area contributed by atoms with E-state index in [1.165, 1.54) is 0 Å². The van der Waals surface area contributed by atoms with E-state index in [2.05, 4.69) is 0 Å². The first-order chi connectivity index (χ1) is 11.1. The monoisotopic (exact) mass is 354 g/mol. The van der Waals surface area contributed by atoms with Crippen LogP contribution in [0.4, 0.5) is 0 Å². The summed E-state index contributed by atoms with van der Waals surface area (Å²) < 4.78 is 42.0. The van der Waals surface area contributed by atoms with Crippen molar-refractivity contribution < 1.29 is 27.8 Å². The van der Waals surface area contributed by atoms with E-state index in [0.717, 1.165) is 19.3 Å². The van der Waals surface area contributed by atoms with Gasteiger partial charge >= 0.3 is 13.3 Å². The van der Waals surface area contributed by atoms with Crippen molar-refractivity contribution in [3.63, 3.8) is 0 Å². The molecule has 0 saturated heterocycles. The second-order valence-electron chi connectivity index (χ2n) is 5.23. The first-order valence-corrected chi connectivity index (χ1v) is 10.4. The van der Waals surface area contributed by atoms with Gasteiger partial charge in [0, 0.05) is 0 Å². The van der Waals surface area contributed by atoms with Gasteiger partial charge in [0.1, 0.15) is 0 Å². The molecular weight excluding hydrogens is 319 g/mol. The fourth-order valence-corrected chi connectivity index (χ4v) is 3.66. The predicted molar refractivity (Wildman–Crippen MR) is 91.6 cm³/mol. The molecule has 0 unspecified atom stereocenters. The molecule has 140 valence electrons. The summed E-state index contributed by atoms with van der Waals surface area (Å²) in [6.45, 7) is 11.4. The molecule has 6 nitrogen and oxygen atoms in total. The molecular formula is C16H35O6P. The van der Waals surface area contributed by atoms with Crippen LogP contribution in [0.5, 0.6) is 0 Å². The molecule has 0 aliphatic rings. The van der Waals surface area contributed by atoms with Crippen molar-refractivity contribution in [3.8, 4) is 0 Å². The highest BCUT2D eigenvalue weighted by atomic mass is 31.2. The Morgan fingerprint density at radius 3 is 1.17 bits per heavy atom. The SMILES string of the molecule is CCCOC(OCCC)(OCCC)P(=O)(OCCC)OCCC. The molecule has 0 aromatic heterocycles. The lowest BCUT2D eigenvalue weighted by Gasteiger charge is -2.37. The molecule has 0 aromatic rings. The van der Waals surface area contributed by atoms with Crippen LogP contribution in [0.1, 0.15) is 66.7 Å². The Morgan fingerprint density at radius 2 is 0.913 bits per heavy atom. The lowest BCUT2D eigenvalue weighted by molar-refractivity contribution is -0.335. The highest BCUT2D eigenvalue weighted by molar-refractivity contribution is 7.55. The number of rotatable bonds is 16. The van der Waals surface area contributed by atoms with Crippen LogP contribution in [-0.2, 0) is 27.8 Å². The lowest BCUT2D eigenvalue weighted by Crippen LogP contribution is -2.41. The van der Waals surface area contributed by atoms with Crippen molar-refractivity contribution in [1.82, 2.24) is 0 Å². The minimum Gasteiger partial charge on any atom is -0.318 e. The van der Waals surface area contributed by atoms with Crippen molar-refractivity contribution >= 4 is 7.60 Å². The molecule has 0 heterocycles. The van der Waals surface area contributed by atoms with Gasteiger partial charge in [0.25, 0.3) is 0 Å². The topological polar surface area (TPSA) is 63.2 Å². The molecule has 0 amide bonds.